The van der Waals surface area contributed by atoms with Crippen molar-refractivity contribution < 1.29 is 107 Å². The standard InChI is InChI=1S/C25H15ClF3N3O2.C17H12N2O.C10H9NO.C7H5ClF3N.C7H4FN.C4H9O.K/c1-30-16-6-10-18(11-7-16)34-19-9-5-15-3-2-4-23(20(15)14-19)32-24(33)31-17-8-12-22(26)21(13-17)25(27,28)29;1-19-13-6-9-14(10-7-13)20-15-8-5-12-3-2-4-17(18)16(12)11-15;11-10-3-1-2-7-4-5-8(12)6-9(7)10;8-6-2-1-4(12)3-5(6)7(9,10)11;1-9-7-4-2-6(8)3-5-7;1-4(2,3)5;/h2-14H,(H2,31,32,33);2-11H,18H2;1-6,12H,11H2;1-3H,12H2;2-5H;1-3H3;/q;;;;;-1;+1. The zero-order chi connectivity index (χ0) is 67.3. The monoisotopic (exact) mass is 1330 g/mol. The minimum atomic E-state index is -4.65. The smallest absolute Gasteiger partial charge is 0.850 e. The van der Waals surface area contributed by atoms with Crippen LogP contribution in [0.4, 0.5) is 81.0 Å². The molecule has 2 amide bonds. The van der Waals surface area contributed by atoms with Gasteiger partial charge >= 0.3 is 69.8 Å². The second-order valence-electron chi connectivity index (χ2n) is 20.3. The molecule has 23 heteroatoms. The number of carbonyl (C=O) groups is 1. The van der Waals surface area contributed by atoms with E-state index in [0.29, 0.717) is 51.1 Å². The predicted octanol–water partition coefficient (Wildman–Crippen LogP) is 17.9. The quantitative estimate of drug-likeness (QED) is 0.0410. The molecule has 11 aromatic rings. The molecule has 0 fully saturated rings. The van der Waals surface area contributed by atoms with Crippen molar-refractivity contribution in [3.8, 4) is 28.7 Å². The summed E-state index contributed by atoms with van der Waals surface area (Å²) in [7, 11) is 0. The van der Waals surface area contributed by atoms with Gasteiger partial charge in [0.15, 0.2) is 17.1 Å². The van der Waals surface area contributed by atoms with Crippen molar-refractivity contribution in [2.24, 2.45) is 0 Å². The number of carbonyl (C=O) groups excluding carboxylic acids is 1. The van der Waals surface area contributed by atoms with E-state index in [4.69, 9.17) is 69.6 Å². The number of ether oxygens (including phenoxy) is 2. The third kappa shape index (κ3) is 23.9. The molecular weight excluding hydrogens is 1280 g/mol. The second-order valence-corrected chi connectivity index (χ2v) is 21.1. The zero-order valence-corrected chi connectivity index (χ0v) is 54.5. The number of nitrogen functional groups attached to an aromatic ring is 3. The number of urea groups is 1. The average molecular weight is 1330 g/mol. The number of hydrogen-bond acceptors (Lipinski definition) is 8. The van der Waals surface area contributed by atoms with Gasteiger partial charge in [0.05, 0.1) is 46.6 Å². The van der Waals surface area contributed by atoms with Crippen LogP contribution < -0.4 is 93.8 Å². The maximum atomic E-state index is 13.1. The first kappa shape index (κ1) is 74.2. The number of amides is 2. The average Bonchev–Trinajstić information content (AvgIpc) is 0.900. The molecule has 0 aliphatic heterocycles. The van der Waals surface area contributed by atoms with E-state index >= 15 is 0 Å². The third-order valence-corrected chi connectivity index (χ3v) is 12.7. The minimum Gasteiger partial charge on any atom is -0.850 e. The van der Waals surface area contributed by atoms with Crippen LogP contribution >= 0.6 is 23.2 Å². The zero-order valence-electron chi connectivity index (χ0n) is 49.8. The number of nitrogens with two attached hydrogens (primary N) is 3. The van der Waals surface area contributed by atoms with Gasteiger partial charge in [-0.2, -0.15) is 26.3 Å². The van der Waals surface area contributed by atoms with E-state index < -0.39 is 40.1 Å². The summed E-state index contributed by atoms with van der Waals surface area (Å²) in [6, 6.07) is 57.8. The van der Waals surface area contributed by atoms with Crippen LogP contribution in [0.1, 0.15) is 31.9 Å². The van der Waals surface area contributed by atoms with E-state index in [1.54, 1.807) is 106 Å². The number of nitrogens with zero attached hydrogens (tertiary/aromatic N) is 3. The molecule has 0 saturated heterocycles. The molecule has 0 aliphatic rings. The van der Waals surface area contributed by atoms with Gasteiger partial charge in [-0.05, 0) is 144 Å². The van der Waals surface area contributed by atoms with Crippen LogP contribution in [0.3, 0.4) is 0 Å². The summed E-state index contributed by atoms with van der Waals surface area (Å²) in [5.41, 5.74) is 17.6. The summed E-state index contributed by atoms with van der Waals surface area (Å²) in [6.45, 7) is 25.3. The van der Waals surface area contributed by atoms with Crippen LogP contribution in [0, 0.1) is 25.5 Å². The molecule has 9 N–H and O–H groups in total. The van der Waals surface area contributed by atoms with Gasteiger partial charge in [0.1, 0.15) is 34.6 Å². The van der Waals surface area contributed by atoms with Crippen molar-refractivity contribution in [3.05, 3.63) is 280 Å². The number of rotatable bonds is 6. The molecule has 0 radical (unpaired) electrons. The molecule has 0 bridgehead atoms. The number of alkyl halides is 6. The van der Waals surface area contributed by atoms with E-state index in [-0.39, 0.29) is 79.3 Å². The fourth-order valence-corrected chi connectivity index (χ4v) is 8.33. The topological polar surface area (TPSA) is 194 Å². The summed E-state index contributed by atoms with van der Waals surface area (Å²) in [6.07, 6.45) is -9.08. The van der Waals surface area contributed by atoms with Gasteiger partial charge < -0.3 is 47.5 Å². The van der Waals surface area contributed by atoms with Crippen molar-refractivity contribution in [1.82, 2.24) is 0 Å². The number of phenols is 1. The summed E-state index contributed by atoms with van der Waals surface area (Å²) >= 11 is 10.9. The molecule has 0 heterocycles. The number of hydrogen-bond donors (Lipinski definition) is 6. The first-order valence-corrected chi connectivity index (χ1v) is 27.7. The van der Waals surface area contributed by atoms with Gasteiger partial charge in [0, 0.05) is 38.9 Å². The Kier molecular flexibility index (Phi) is 27.3. The fraction of sp³-hybridized carbons (Fsp3) is 0.0857. The molecule has 11 aromatic carbocycles. The normalized spacial score (nSPS) is 10.5. The number of phenolic OH excluding ortho intramolecular Hbond substituents is 1. The molecule has 0 aromatic heterocycles. The summed E-state index contributed by atoms with van der Waals surface area (Å²) in [5.74, 6) is 2.42. The molecule has 11 rings (SSSR count). The van der Waals surface area contributed by atoms with Gasteiger partial charge in [-0.1, -0.05) is 135 Å². The Labute approximate surface area is 583 Å². The van der Waals surface area contributed by atoms with Crippen molar-refractivity contribution >= 4 is 107 Å². The Hall–Kier alpha value is -9.57. The molecule has 0 unspecified atom stereocenters. The molecule has 0 atom stereocenters. The molecule has 0 spiro atoms. The first-order chi connectivity index (χ1) is 43.5. The van der Waals surface area contributed by atoms with Gasteiger partial charge in [0.25, 0.3) is 0 Å². The summed E-state index contributed by atoms with van der Waals surface area (Å²) in [4.78, 5) is 22.3. The molecule has 0 saturated carbocycles. The van der Waals surface area contributed by atoms with Crippen LogP contribution in [0.15, 0.2) is 218 Å². The number of aromatic hydroxyl groups is 1. The van der Waals surface area contributed by atoms with Crippen molar-refractivity contribution in [2.75, 3.05) is 27.8 Å². The minimum absolute atomic E-state index is 0. The Morgan fingerprint density at radius 1 is 0.495 bits per heavy atom. The number of benzene rings is 11. The summed E-state index contributed by atoms with van der Waals surface area (Å²) < 4.78 is 99.3. The fourth-order valence-electron chi connectivity index (χ4n) is 7.88. The largest absolute Gasteiger partial charge is 1.00 e. The Bertz CT molecular complexity index is 4480. The predicted molar refractivity (Wildman–Crippen MR) is 350 cm³/mol. The second kappa shape index (κ2) is 34.2. The van der Waals surface area contributed by atoms with Gasteiger partial charge in [0.2, 0.25) is 0 Å². The van der Waals surface area contributed by atoms with Crippen LogP contribution in [0.5, 0.6) is 28.7 Å². The number of fused-ring (bicyclic) bond motifs is 3. The molecule has 0 aliphatic carbocycles. The Morgan fingerprint density at radius 2 is 0.882 bits per heavy atom. The van der Waals surface area contributed by atoms with E-state index in [2.05, 4.69) is 25.2 Å². The van der Waals surface area contributed by atoms with Crippen molar-refractivity contribution in [1.29, 1.82) is 0 Å². The van der Waals surface area contributed by atoms with Crippen molar-refractivity contribution in [2.45, 2.75) is 38.7 Å². The number of nitrogens with one attached hydrogen (secondary N) is 2. The van der Waals surface area contributed by atoms with E-state index in [9.17, 15) is 45.7 Å². The SMILES string of the molecule is CC(C)(C)[O-].Nc1ccc(Cl)c(C(F)(F)F)c1.Nc1cccc2ccc(O)cc12.[C-]#[N+]c1ccc(F)cc1.[C-]#[N+]c1ccc(Oc2ccc3cccc(N)c3c2)cc1.[C-]#[N+]c1ccc(Oc2ccc3cccc(NC(=O)Nc4ccc(Cl)c(C(F)(F)F)c4)c3c2)cc1.[K+]. The third-order valence-electron chi connectivity index (χ3n) is 12.1. The van der Waals surface area contributed by atoms with Crippen LogP contribution in [-0.2, 0) is 12.4 Å². The molecule has 13 nitrogen and oxygen atoms in total. The maximum Gasteiger partial charge on any atom is 1.00 e. The maximum absolute atomic E-state index is 13.1. The van der Waals surface area contributed by atoms with Crippen LogP contribution in [0.2, 0.25) is 10.0 Å². The number of halogens is 9. The van der Waals surface area contributed by atoms with Crippen LogP contribution in [0.25, 0.3) is 46.9 Å². The van der Waals surface area contributed by atoms with E-state index in [0.717, 1.165) is 62.6 Å². The molecule has 93 heavy (non-hydrogen) atoms. The van der Waals surface area contributed by atoms with Gasteiger partial charge in [-0.15, -0.1) is 5.60 Å². The first-order valence-electron chi connectivity index (χ1n) is 27.0. The van der Waals surface area contributed by atoms with Crippen LogP contribution in [-0.4, -0.2) is 16.7 Å². The number of anilines is 5. The Balaban J connectivity index is 0.000000225. The van der Waals surface area contributed by atoms with Crippen molar-refractivity contribution in [3.63, 3.8) is 0 Å². The van der Waals surface area contributed by atoms with E-state index in [1.165, 1.54) is 36.4 Å². The molecular formula is C70H54Cl2F7KN8O5. The van der Waals surface area contributed by atoms with Gasteiger partial charge in [-0.3, -0.25) is 0 Å². The molecule has 468 valence electrons. The summed E-state index contributed by atoms with van der Waals surface area (Å²) in [5, 5.41) is 29.1. The van der Waals surface area contributed by atoms with Gasteiger partial charge in [-0.25, -0.2) is 23.7 Å². The Morgan fingerprint density at radius 3 is 1.33 bits per heavy atom. The van der Waals surface area contributed by atoms with E-state index in [1.807, 2.05) is 72.8 Å².